The van der Waals surface area contributed by atoms with Gasteiger partial charge in [-0.1, -0.05) is 88.4 Å². The average Bonchev–Trinajstić information content (AvgIpc) is 2.42. The van der Waals surface area contributed by atoms with E-state index in [0.717, 1.165) is 17.5 Å². The summed E-state index contributed by atoms with van der Waals surface area (Å²) in [6, 6.07) is 8.91. The summed E-state index contributed by atoms with van der Waals surface area (Å²) in [6.45, 7) is 15.0. The largest absolute Gasteiger partial charge is 0.416 e. The molecule has 0 amide bonds. The monoisotopic (exact) mass is 418 g/mol. The summed E-state index contributed by atoms with van der Waals surface area (Å²) in [6.07, 6.45) is 1.03. The molecule has 21 heavy (non-hydrogen) atoms. The minimum atomic E-state index is -1.70. The number of halogens is 1. The lowest BCUT2D eigenvalue weighted by atomic mass is 10.1. The summed E-state index contributed by atoms with van der Waals surface area (Å²) in [5, 5.41) is 0. The molecular formula is C18H31IOSi. The van der Waals surface area contributed by atoms with Gasteiger partial charge in [-0.3, -0.25) is 0 Å². The number of hydrogen-bond donors (Lipinski definition) is 0. The molecule has 1 aromatic carbocycles. The molecule has 0 heterocycles. The summed E-state index contributed by atoms with van der Waals surface area (Å²) in [7, 11) is -1.70. The molecule has 0 atom stereocenters. The third-order valence-electron chi connectivity index (χ3n) is 4.60. The fraction of sp³-hybridized carbons (Fsp3) is 0.667. The first-order valence-electron chi connectivity index (χ1n) is 8.12. The summed E-state index contributed by atoms with van der Waals surface area (Å²) < 4.78 is 7.71. The zero-order chi connectivity index (χ0) is 16.0. The standard InChI is InChI=1S/C18H31IOSi/c1-14(2)21(15(3)4,16(5)6)20-11-10-17-8-7-9-18(12-17)13-19/h7-9,12,14-16H,10-11,13H2,1-6H3. The minimum Gasteiger partial charge on any atom is -0.416 e. The highest BCUT2D eigenvalue weighted by Gasteiger charge is 2.44. The minimum absolute atomic E-state index is 0.665. The molecule has 0 N–H and O–H groups in total. The molecular weight excluding hydrogens is 387 g/mol. The van der Waals surface area contributed by atoms with Crippen LogP contribution >= 0.6 is 22.6 Å². The molecule has 3 heteroatoms. The maximum absolute atomic E-state index is 6.63. The van der Waals surface area contributed by atoms with E-state index in [1.165, 1.54) is 11.1 Å². The maximum Gasteiger partial charge on any atom is 0.200 e. The van der Waals surface area contributed by atoms with E-state index in [-0.39, 0.29) is 0 Å². The quantitative estimate of drug-likeness (QED) is 0.271. The van der Waals surface area contributed by atoms with Crippen LogP contribution in [-0.2, 0) is 15.3 Å². The first-order chi connectivity index (χ1) is 9.84. The Kier molecular flexibility index (Phi) is 7.92. The molecule has 1 rings (SSSR count). The van der Waals surface area contributed by atoms with Gasteiger partial charge < -0.3 is 4.43 Å². The molecule has 0 unspecified atom stereocenters. The maximum atomic E-state index is 6.63. The Bertz CT molecular complexity index is 407. The topological polar surface area (TPSA) is 9.23 Å². The third kappa shape index (κ3) is 4.80. The lowest BCUT2D eigenvalue weighted by molar-refractivity contribution is 0.281. The predicted molar refractivity (Wildman–Crippen MR) is 105 cm³/mol. The SMILES string of the molecule is CC(C)[Si](OCCc1cccc(CI)c1)(C(C)C)C(C)C. The van der Waals surface area contributed by atoms with Gasteiger partial charge in [-0.2, -0.15) is 0 Å². The van der Waals surface area contributed by atoms with Crippen LogP contribution in [0.15, 0.2) is 24.3 Å². The van der Waals surface area contributed by atoms with Crippen molar-refractivity contribution in [2.24, 2.45) is 0 Å². The Balaban J connectivity index is 2.73. The average molecular weight is 418 g/mol. The van der Waals surface area contributed by atoms with Crippen LogP contribution in [0.25, 0.3) is 0 Å². The number of rotatable bonds is 8. The van der Waals surface area contributed by atoms with Crippen molar-refractivity contribution in [3.63, 3.8) is 0 Å². The van der Waals surface area contributed by atoms with Gasteiger partial charge >= 0.3 is 0 Å². The number of alkyl halides is 1. The van der Waals surface area contributed by atoms with Crippen LogP contribution < -0.4 is 0 Å². The highest BCUT2D eigenvalue weighted by atomic mass is 127. The van der Waals surface area contributed by atoms with Crippen molar-refractivity contribution < 1.29 is 4.43 Å². The van der Waals surface area contributed by atoms with Gasteiger partial charge in [-0.15, -0.1) is 0 Å². The molecule has 0 fully saturated rings. The van der Waals surface area contributed by atoms with Crippen LogP contribution in [0, 0.1) is 0 Å². The molecule has 0 spiro atoms. The molecule has 1 nitrogen and oxygen atoms in total. The fourth-order valence-electron chi connectivity index (χ4n) is 3.71. The van der Waals surface area contributed by atoms with E-state index in [4.69, 9.17) is 4.43 Å². The van der Waals surface area contributed by atoms with Crippen LogP contribution in [0.2, 0.25) is 16.6 Å². The van der Waals surface area contributed by atoms with E-state index in [0.29, 0.717) is 16.6 Å². The predicted octanol–water partition coefficient (Wildman–Crippen LogP) is 6.36. The van der Waals surface area contributed by atoms with E-state index >= 15 is 0 Å². The summed E-state index contributed by atoms with van der Waals surface area (Å²) >= 11 is 2.42. The normalized spacial score (nSPS) is 12.7. The van der Waals surface area contributed by atoms with Crippen LogP contribution in [-0.4, -0.2) is 14.9 Å². The van der Waals surface area contributed by atoms with Crippen LogP contribution in [0.3, 0.4) is 0 Å². The van der Waals surface area contributed by atoms with E-state index in [2.05, 4.69) is 88.4 Å². The Morgan fingerprint density at radius 2 is 1.48 bits per heavy atom. The molecule has 1 aromatic rings. The van der Waals surface area contributed by atoms with Gasteiger partial charge in [0.1, 0.15) is 0 Å². The molecule has 0 aliphatic carbocycles. The molecule has 0 aliphatic rings. The van der Waals surface area contributed by atoms with Crippen molar-refractivity contribution in [1.29, 1.82) is 0 Å². The zero-order valence-corrected chi connectivity index (χ0v) is 17.6. The molecule has 0 saturated carbocycles. The van der Waals surface area contributed by atoms with Gasteiger partial charge in [-0.05, 0) is 34.2 Å². The van der Waals surface area contributed by atoms with E-state index in [9.17, 15) is 0 Å². The second-order valence-electron chi connectivity index (χ2n) is 6.87. The van der Waals surface area contributed by atoms with Gasteiger partial charge in [0, 0.05) is 11.0 Å². The van der Waals surface area contributed by atoms with Gasteiger partial charge in [0.2, 0.25) is 0 Å². The van der Waals surface area contributed by atoms with Gasteiger partial charge in [0.05, 0.1) is 0 Å². The van der Waals surface area contributed by atoms with Gasteiger partial charge in [-0.25, -0.2) is 0 Å². The van der Waals surface area contributed by atoms with E-state index in [1.807, 2.05) is 0 Å². The van der Waals surface area contributed by atoms with Crippen molar-refractivity contribution in [2.75, 3.05) is 6.61 Å². The Hall–Kier alpha value is 0.127. The van der Waals surface area contributed by atoms with Crippen molar-refractivity contribution in [3.05, 3.63) is 35.4 Å². The number of benzene rings is 1. The molecule has 0 bridgehead atoms. The Morgan fingerprint density at radius 1 is 0.952 bits per heavy atom. The Morgan fingerprint density at radius 3 is 1.95 bits per heavy atom. The van der Waals surface area contributed by atoms with Crippen LogP contribution in [0.1, 0.15) is 52.7 Å². The second-order valence-corrected chi connectivity index (χ2v) is 13.1. The second kappa shape index (κ2) is 8.68. The van der Waals surface area contributed by atoms with Crippen molar-refractivity contribution >= 4 is 30.9 Å². The summed E-state index contributed by atoms with van der Waals surface area (Å²) in [5.74, 6) is 0. The highest BCUT2D eigenvalue weighted by Crippen LogP contribution is 2.42. The van der Waals surface area contributed by atoms with E-state index < -0.39 is 8.32 Å². The zero-order valence-electron chi connectivity index (χ0n) is 14.4. The van der Waals surface area contributed by atoms with Crippen LogP contribution in [0.5, 0.6) is 0 Å². The summed E-state index contributed by atoms with van der Waals surface area (Å²) in [5.41, 5.74) is 4.81. The molecule has 120 valence electrons. The molecule has 0 aromatic heterocycles. The molecule has 0 saturated heterocycles. The van der Waals surface area contributed by atoms with Gasteiger partial charge in [0.15, 0.2) is 8.32 Å². The van der Waals surface area contributed by atoms with Crippen molar-refractivity contribution in [1.82, 2.24) is 0 Å². The highest BCUT2D eigenvalue weighted by molar-refractivity contribution is 14.1. The Labute approximate surface area is 146 Å². The summed E-state index contributed by atoms with van der Waals surface area (Å²) in [4.78, 5) is 0. The first-order valence-corrected chi connectivity index (χ1v) is 11.8. The number of hydrogen-bond acceptors (Lipinski definition) is 1. The smallest absolute Gasteiger partial charge is 0.200 e. The van der Waals surface area contributed by atoms with Gasteiger partial charge in [0.25, 0.3) is 0 Å². The van der Waals surface area contributed by atoms with Crippen molar-refractivity contribution in [3.8, 4) is 0 Å². The van der Waals surface area contributed by atoms with Crippen LogP contribution in [0.4, 0.5) is 0 Å². The fourth-order valence-corrected chi connectivity index (χ4v) is 9.64. The molecule has 0 aliphatic heterocycles. The molecule has 0 radical (unpaired) electrons. The van der Waals surface area contributed by atoms with Crippen molar-refractivity contribution in [2.45, 2.75) is 69.0 Å². The lowest BCUT2D eigenvalue weighted by Gasteiger charge is -2.42. The first kappa shape index (κ1) is 19.2. The third-order valence-corrected chi connectivity index (χ3v) is 11.6. The van der Waals surface area contributed by atoms with E-state index in [1.54, 1.807) is 0 Å². The lowest BCUT2D eigenvalue weighted by Crippen LogP contribution is -2.48.